The maximum absolute atomic E-state index is 12.7. The van der Waals surface area contributed by atoms with E-state index >= 15 is 0 Å². The van der Waals surface area contributed by atoms with Gasteiger partial charge in [0.25, 0.3) is 5.91 Å². The van der Waals surface area contributed by atoms with Gasteiger partial charge in [-0.05, 0) is 12.8 Å². The number of fused-ring (bicyclic) bond motifs is 1. The second-order valence-electron chi connectivity index (χ2n) is 7.47. The van der Waals surface area contributed by atoms with Crippen molar-refractivity contribution >= 4 is 29.1 Å². The standard InChI is InChI=1S/C21H19N3O3S/c25-19-15-8-4-5-9-16(15)20(26)24(19)14-10-23(11-14)21(27)17-12-28-18(22-17)13-6-2-1-3-7-13/h1-7,12,14-16H,8-11H2/t15-,16+. The summed E-state index contributed by atoms with van der Waals surface area (Å²) in [5, 5.41) is 2.58. The van der Waals surface area contributed by atoms with E-state index in [1.54, 1.807) is 10.3 Å². The summed E-state index contributed by atoms with van der Waals surface area (Å²) in [4.78, 5) is 45.6. The summed E-state index contributed by atoms with van der Waals surface area (Å²) in [5.74, 6) is -0.718. The number of benzene rings is 1. The lowest BCUT2D eigenvalue weighted by atomic mass is 9.85. The Morgan fingerprint density at radius 2 is 1.64 bits per heavy atom. The predicted molar refractivity (Wildman–Crippen MR) is 104 cm³/mol. The highest BCUT2D eigenvalue weighted by Gasteiger charge is 2.52. The molecule has 0 radical (unpaired) electrons. The molecule has 6 nitrogen and oxygen atoms in total. The molecule has 0 bridgehead atoms. The Hall–Kier alpha value is -2.80. The van der Waals surface area contributed by atoms with Gasteiger partial charge in [0, 0.05) is 24.0 Å². The van der Waals surface area contributed by atoms with Gasteiger partial charge in [-0.15, -0.1) is 11.3 Å². The largest absolute Gasteiger partial charge is 0.333 e. The van der Waals surface area contributed by atoms with Gasteiger partial charge >= 0.3 is 0 Å². The molecule has 2 saturated heterocycles. The van der Waals surface area contributed by atoms with Crippen molar-refractivity contribution in [1.82, 2.24) is 14.8 Å². The van der Waals surface area contributed by atoms with Gasteiger partial charge in [0.15, 0.2) is 0 Å². The molecule has 3 aliphatic rings. The average molecular weight is 393 g/mol. The number of imide groups is 1. The van der Waals surface area contributed by atoms with Crippen LogP contribution in [0.3, 0.4) is 0 Å². The normalized spacial score (nSPS) is 24.4. The van der Waals surface area contributed by atoms with E-state index in [1.165, 1.54) is 16.2 Å². The number of amides is 3. The monoisotopic (exact) mass is 393 g/mol. The Morgan fingerprint density at radius 1 is 1.00 bits per heavy atom. The molecule has 1 aliphatic carbocycles. The number of nitrogens with zero attached hydrogens (tertiary/aromatic N) is 3. The first-order valence-electron chi connectivity index (χ1n) is 9.45. The van der Waals surface area contributed by atoms with Gasteiger partial charge in [-0.2, -0.15) is 0 Å². The Balaban J connectivity index is 1.25. The fraction of sp³-hybridized carbons (Fsp3) is 0.333. The first-order chi connectivity index (χ1) is 13.6. The number of carbonyl (C=O) groups excluding carboxylic acids is 3. The zero-order valence-electron chi connectivity index (χ0n) is 15.2. The highest BCUT2D eigenvalue weighted by Crippen LogP contribution is 2.37. The van der Waals surface area contributed by atoms with E-state index in [1.807, 2.05) is 42.5 Å². The van der Waals surface area contributed by atoms with Gasteiger partial charge in [0.2, 0.25) is 11.8 Å². The van der Waals surface area contributed by atoms with Crippen LogP contribution in [0.25, 0.3) is 10.6 Å². The van der Waals surface area contributed by atoms with Crippen LogP contribution in [-0.4, -0.2) is 51.6 Å². The lowest BCUT2D eigenvalue weighted by Crippen LogP contribution is -2.62. The molecular weight excluding hydrogens is 374 g/mol. The number of carbonyl (C=O) groups is 3. The van der Waals surface area contributed by atoms with Crippen molar-refractivity contribution < 1.29 is 14.4 Å². The molecule has 7 heteroatoms. The third kappa shape index (κ3) is 2.69. The predicted octanol–water partition coefficient (Wildman–Crippen LogP) is 2.59. The van der Waals surface area contributed by atoms with Crippen molar-refractivity contribution in [2.75, 3.05) is 13.1 Å². The summed E-state index contributed by atoms with van der Waals surface area (Å²) in [6.45, 7) is 0.781. The molecular formula is C21H19N3O3S. The SMILES string of the molecule is O=C(c1csc(-c2ccccc2)n1)N1CC(N2C(=O)[C@H]3CC=CC[C@H]3C2=O)C1. The summed E-state index contributed by atoms with van der Waals surface area (Å²) < 4.78 is 0. The Bertz CT molecular complexity index is 952. The van der Waals surface area contributed by atoms with Crippen LogP contribution in [0.2, 0.25) is 0 Å². The molecule has 142 valence electrons. The van der Waals surface area contributed by atoms with Crippen LogP contribution >= 0.6 is 11.3 Å². The molecule has 2 atom stereocenters. The van der Waals surface area contributed by atoms with Crippen LogP contribution in [0, 0.1) is 11.8 Å². The van der Waals surface area contributed by atoms with E-state index in [9.17, 15) is 14.4 Å². The van der Waals surface area contributed by atoms with Gasteiger partial charge in [0.05, 0.1) is 17.9 Å². The van der Waals surface area contributed by atoms with Crippen molar-refractivity contribution in [3.63, 3.8) is 0 Å². The quantitative estimate of drug-likeness (QED) is 0.594. The number of rotatable bonds is 3. The lowest BCUT2D eigenvalue weighted by Gasteiger charge is -2.42. The number of hydrogen-bond donors (Lipinski definition) is 0. The zero-order chi connectivity index (χ0) is 19.3. The minimum atomic E-state index is -0.214. The van der Waals surface area contributed by atoms with Gasteiger partial charge in [-0.25, -0.2) is 4.98 Å². The minimum Gasteiger partial charge on any atom is -0.333 e. The molecule has 0 unspecified atom stereocenters. The number of aromatic nitrogens is 1. The number of allylic oxidation sites excluding steroid dienone is 2. The molecule has 1 aromatic carbocycles. The fourth-order valence-corrected chi connectivity index (χ4v) is 5.02. The summed E-state index contributed by atoms with van der Waals surface area (Å²) in [6, 6.07) is 9.54. The average Bonchev–Trinajstić information content (AvgIpc) is 3.28. The summed E-state index contributed by atoms with van der Waals surface area (Å²) in [5.41, 5.74) is 1.40. The molecule has 3 amide bonds. The van der Waals surface area contributed by atoms with E-state index in [0.29, 0.717) is 31.6 Å². The van der Waals surface area contributed by atoms with Crippen molar-refractivity contribution in [1.29, 1.82) is 0 Å². The van der Waals surface area contributed by atoms with E-state index in [4.69, 9.17) is 0 Å². The van der Waals surface area contributed by atoms with Crippen LogP contribution < -0.4 is 0 Å². The molecule has 2 fully saturated rings. The highest BCUT2D eigenvalue weighted by atomic mass is 32.1. The summed E-state index contributed by atoms with van der Waals surface area (Å²) in [6.07, 6.45) is 5.25. The maximum Gasteiger partial charge on any atom is 0.273 e. The molecule has 0 N–H and O–H groups in total. The van der Waals surface area contributed by atoms with Gasteiger partial charge in [-0.3, -0.25) is 19.3 Å². The van der Waals surface area contributed by atoms with Crippen molar-refractivity contribution in [2.45, 2.75) is 18.9 Å². The van der Waals surface area contributed by atoms with Crippen molar-refractivity contribution in [2.24, 2.45) is 11.8 Å². The fourth-order valence-electron chi connectivity index (χ4n) is 4.22. The Kier molecular flexibility index (Phi) is 4.12. The number of hydrogen-bond acceptors (Lipinski definition) is 5. The van der Waals surface area contributed by atoms with Gasteiger partial charge in [-0.1, -0.05) is 42.5 Å². The first kappa shape index (κ1) is 17.3. The topological polar surface area (TPSA) is 70.6 Å². The second kappa shape index (κ2) is 6.67. The molecule has 3 heterocycles. The van der Waals surface area contributed by atoms with Crippen molar-refractivity contribution in [3.8, 4) is 10.6 Å². The highest BCUT2D eigenvalue weighted by molar-refractivity contribution is 7.13. The summed E-state index contributed by atoms with van der Waals surface area (Å²) in [7, 11) is 0. The lowest BCUT2D eigenvalue weighted by molar-refractivity contribution is -0.145. The molecule has 2 aromatic rings. The molecule has 28 heavy (non-hydrogen) atoms. The first-order valence-corrected chi connectivity index (χ1v) is 10.3. The number of likely N-dealkylation sites (tertiary alicyclic amines) is 2. The van der Waals surface area contributed by atoms with Crippen LogP contribution in [0.15, 0.2) is 47.9 Å². The van der Waals surface area contributed by atoms with E-state index in [-0.39, 0.29) is 35.6 Å². The van der Waals surface area contributed by atoms with Crippen LogP contribution in [-0.2, 0) is 9.59 Å². The Morgan fingerprint density at radius 3 is 2.29 bits per heavy atom. The molecule has 2 aliphatic heterocycles. The van der Waals surface area contributed by atoms with Gasteiger partial charge in [0.1, 0.15) is 10.7 Å². The third-order valence-corrected chi connectivity index (χ3v) is 6.69. The van der Waals surface area contributed by atoms with Crippen molar-refractivity contribution in [3.05, 3.63) is 53.6 Å². The smallest absolute Gasteiger partial charge is 0.273 e. The Labute approximate surface area is 166 Å². The molecule has 0 saturated carbocycles. The zero-order valence-corrected chi connectivity index (χ0v) is 16.0. The van der Waals surface area contributed by atoms with Crippen LogP contribution in [0.4, 0.5) is 0 Å². The third-order valence-electron chi connectivity index (χ3n) is 5.80. The molecule has 1 aromatic heterocycles. The van der Waals surface area contributed by atoms with E-state index in [2.05, 4.69) is 4.98 Å². The second-order valence-corrected chi connectivity index (χ2v) is 8.33. The summed E-state index contributed by atoms with van der Waals surface area (Å²) >= 11 is 1.44. The number of thiazole rings is 1. The van der Waals surface area contributed by atoms with Gasteiger partial charge < -0.3 is 4.90 Å². The van der Waals surface area contributed by atoms with E-state index < -0.39 is 0 Å². The van der Waals surface area contributed by atoms with Crippen LogP contribution in [0.1, 0.15) is 23.3 Å². The molecule has 5 rings (SSSR count). The van der Waals surface area contributed by atoms with Crippen LogP contribution in [0.5, 0.6) is 0 Å². The minimum absolute atomic E-state index is 0.0727. The van der Waals surface area contributed by atoms with E-state index in [0.717, 1.165) is 10.6 Å². The molecule has 0 spiro atoms. The maximum atomic E-state index is 12.7.